The zero-order valence-corrected chi connectivity index (χ0v) is 13.5. The van der Waals surface area contributed by atoms with E-state index in [9.17, 15) is 13.2 Å². The molecular weight excluding hydrogens is 317 g/mol. The number of halogens is 4. The fraction of sp³-hybridized carbons (Fsp3) is 0.500. The number of benzene rings is 1. The van der Waals surface area contributed by atoms with Crippen LogP contribution in [-0.2, 0) is 5.51 Å². The van der Waals surface area contributed by atoms with E-state index in [1.165, 1.54) is 0 Å². The molecule has 1 atom stereocenters. The third-order valence-corrected chi connectivity index (χ3v) is 6.34. The molecule has 2 aromatic rings. The Morgan fingerprint density at radius 3 is 2.33 bits per heavy atom. The molecular formula is C16H19ClF3S+. The second-order valence-electron chi connectivity index (χ2n) is 5.67. The van der Waals surface area contributed by atoms with E-state index in [0.717, 1.165) is 43.1 Å². The predicted molar refractivity (Wildman–Crippen MR) is 85.5 cm³/mol. The van der Waals surface area contributed by atoms with Gasteiger partial charge in [-0.25, -0.2) is 0 Å². The number of hydrogen-bond donors (Lipinski definition) is 0. The summed E-state index contributed by atoms with van der Waals surface area (Å²) in [5.74, 6) is 0.126. The van der Waals surface area contributed by atoms with E-state index in [1.54, 1.807) is 6.07 Å². The molecule has 1 aromatic heterocycles. The Labute approximate surface area is 131 Å². The molecule has 116 valence electrons. The van der Waals surface area contributed by atoms with E-state index in [0.29, 0.717) is 9.58 Å². The number of thiophene rings is 1. The maximum Gasteiger partial charge on any atom is 0.600 e. The summed E-state index contributed by atoms with van der Waals surface area (Å²) >= 11 is 0. The summed E-state index contributed by atoms with van der Waals surface area (Å²) < 4.78 is 41.1. The smallest absolute Gasteiger partial charge is 0.147 e. The lowest BCUT2D eigenvalue weighted by Gasteiger charge is -2.18. The van der Waals surface area contributed by atoms with Crippen molar-refractivity contribution in [2.75, 3.05) is 0 Å². The molecule has 1 aliphatic carbocycles. The second kappa shape index (κ2) is 6.17. The maximum absolute atomic E-state index is 13.5. The van der Waals surface area contributed by atoms with Crippen LogP contribution >= 0.6 is 22.9 Å². The third-order valence-electron chi connectivity index (χ3n) is 4.16. The van der Waals surface area contributed by atoms with Gasteiger partial charge in [0, 0.05) is 23.4 Å². The lowest BCUT2D eigenvalue weighted by atomic mass is 9.88. The molecule has 0 bridgehead atoms. The number of rotatable bonds is 1. The normalized spacial score (nSPS) is 17.8. The van der Waals surface area contributed by atoms with Crippen molar-refractivity contribution in [1.82, 2.24) is 0 Å². The summed E-state index contributed by atoms with van der Waals surface area (Å²) in [5.41, 5.74) is -3.24. The van der Waals surface area contributed by atoms with Crippen LogP contribution in [-0.4, -0.2) is 0 Å². The first-order valence-electron chi connectivity index (χ1n) is 7.10. The first-order chi connectivity index (χ1) is 9.47. The molecule has 0 nitrogen and oxygen atoms in total. The summed E-state index contributed by atoms with van der Waals surface area (Å²) in [6.45, 7) is 1.86. The summed E-state index contributed by atoms with van der Waals surface area (Å²) in [6.07, 6.45) is 5.12. The topological polar surface area (TPSA) is 0 Å². The van der Waals surface area contributed by atoms with Crippen molar-refractivity contribution in [3.05, 3.63) is 34.7 Å². The van der Waals surface area contributed by atoms with Crippen molar-refractivity contribution >= 4 is 33.0 Å². The Balaban J connectivity index is 0.00000161. The highest BCUT2D eigenvalue weighted by atomic mass is 35.5. The van der Waals surface area contributed by atoms with Gasteiger partial charge in [0.2, 0.25) is 0 Å². The highest BCUT2D eigenvalue weighted by Gasteiger charge is 2.49. The zero-order chi connectivity index (χ0) is 14.3. The Morgan fingerprint density at radius 1 is 1.05 bits per heavy atom. The highest BCUT2D eigenvalue weighted by molar-refractivity contribution is 7.38. The van der Waals surface area contributed by atoms with Crippen LogP contribution in [0.25, 0.3) is 10.1 Å². The zero-order valence-electron chi connectivity index (χ0n) is 11.9. The molecule has 1 heterocycles. The minimum atomic E-state index is -4.15. The third kappa shape index (κ3) is 3.21. The maximum atomic E-state index is 13.5. The van der Waals surface area contributed by atoms with E-state index >= 15 is 0 Å². The number of fused-ring (bicyclic) bond motifs is 1. The molecule has 1 fully saturated rings. The van der Waals surface area contributed by atoms with Gasteiger partial charge in [0.05, 0.1) is 10.5 Å². The van der Waals surface area contributed by atoms with Gasteiger partial charge in [0.25, 0.3) is 0 Å². The Morgan fingerprint density at radius 2 is 1.71 bits per heavy atom. The second-order valence-corrected chi connectivity index (χ2v) is 7.66. The molecule has 0 radical (unpaired) electrons. The van der Waals surface area contributed by atoms with Crippen LogP contribution < -0.4 is 0 Å². The van der Waals surface area contributed by atoms with Crippen LogP contribution in [0.1, 0.15) is 48.5 Å². The Hall–Kier alpha value is -0.740. The summed E-state index contributed by atoms with van der Waals surface area (Å²) in [5, 5.41) is 0.775. The van der Waals surface area contributed by atoms with Crippen molar-refractivity contribution in [2.45, 2.75) is 50.5 Å². The molecule has 0 spiro atoms. The van der Waals surface area contributed by atoms with Crippen LogP contribution in [0, 0.1) is 6.92 Å². The van der Waals surface area contributed by atoms with Gasteiger partial charge < -0.3 is 0 Å². The Bertz CT molecular complexity index is 624. The van der Waals surface area contributed by atoms with Gasteiger partial charge >= 0.3 is 5.51 Å². The standard InChI is InChI=1S/C16H18F3S.ClH/c1-11-7-8-13-10-15(12-5-3-2-4-6-12)20(14(13)9-11)16(17,18)19;/h7-10,12H,2-6H2,1H3;1H/q+1;. The minimum Gasteiger partial charge on any atom is -0.147 e. The van der Waals surface area contributed by atoms with Gasteiger partial charge in [-0.15, -0.1) is 25.6 Å². The van der Waals surface area contributed by atoms with Gasteiger partial charge in [-0.05, 0) is 31.4 Å². The van der Waals surface area contributed by atoms with Gasteiger partial charge in [-0.2, -0.15) is 0 Å². The van der Waals surface area contributed by atoms with Crippen LogP contribution in [0.15, 0.2) is 24.3 Å². The molecule has 1 saturated carbocycles. The van der Waals surface area contributed by atoms with Gasteiger partial charge in [-0.3, -0.25) is 0 Å². The van der Waals surface area contributed by atoms with Gasteiger partial charge in [-0.1, -0.05) is 25.3 Å². The van der Waals surface area contributed by atoms with Crippen molar-refractivity contribution in [3.8, 4) is 0 Å². The van der Waals surface area contributed by atoms with Crippen LogP contribution in [0.4, 0.5) is 13.2 Å². The first-order valence-corrected chi connectivity index (χ1v) is 8.32. The average molecular weight is 336 g/mol. The molecule has 1 aromatic carbocycles. The van der Waals surface area contributed by atoms with E-state index < -0.39 is 16.0 Å². The fourth-order valence-electron chi connectivity index (χ4n) is 3.21. The molecule has 1 unspecified atom stereocenters. The monoisotopic (exact) mass is 335 g/mol. The van der Waals surface area contributed by atoms with E-state index in [-0.39, 0.29) is 18.3 Å². The number of alkyl halides is 3. The number of hydrogen-bond acceptors (Lipinski definition) is 0. The van der Waals surface area contributed by atoms with Gasteiger partial charge in [0.15, 0.2) is 9.58 Å². The SMILES string of the molecule is Cc1ccc2cc(C3CCCCC3)[s+](C(F)(F)F)c2c1.Cl. The Kier molecular flexibility index (Phi) is 4.89. The van der Waals surface area contributed by atoms with Crippen molar-refractivity contribution in [3.63, 3.8) is 0 Å². The molecule has 0 N–H and O–H groups in total. The average Bonchev–Trinajstić information content (AvgIpc) is 2.78. The molecule has 5 heteroatoms. The van der Waals surface area contributed by atoms with Crippen LogP contribution in [0.5, 0.6) is 0 Å². The van der Waals surface area contributed by atoms with E-state index in [4.69, 9.17) is 0 Å². The fourth-order valence-corrected chi connectivity index (χ4v) is 5.46. The van der Waals surface area contributed by atoms with Crippen molar-refractivity contribution in [1.29, 1.82) is 0 Å². The quantitative estimate of drug-likeness (QED) is 0.500. The van der Waals surface area contributed by atoms with Gasteiger partial charge in [0.1, 0.15) is 0 Å². The molecule has 1 aliphatic rings. The summed E-state index contributed by atoms with van der Waals surface area (Å²) in [6, 6.07) is 7.28. The molecule has 3 rings (SSSR count). The van der Waals surface area contributed by atoms with Crippen molar-refractivity contribution in [2.24, 2.45) is 0 Å². The lowest BCUT2D eigenvalue weighted by molar-refractivity contribution is -0.0868. The number of aryl methyl sites for hydroxylation is 1. The summed E-state index contributed by atoms with van der Waals surface area (Å²) in [4.78, 5) is 0.637. The van der Waals surface area contributed by atoms with E-state index in [2.05, 4.69) is 0 Å². The molecule has 0 saturated heterocycles. The van der Waals surface area contributed by atoms with Crippen LogP contribution in [0.3, 0.4) is 0 Å². The largest absolute Gasteiger partial charge is 0.600 e. The molecule has 0 amide bonds. The minimum absolute atomic E-state index is 0. The summed E-state index contributed by atoms with van der Waals surface area (Å²) in [7, 11) is -1.70. The highest BCUT2D eigenvalue weighted by Crippen LogP contribution is 2.55. The molecule has 21 heavy (non-hydrogen) atoms. The predicted octanol–water partition coefficient (Wildman–Crippen LogP) is 6.84. The van der Waals surface area contributed by atoms with E-state index in [1.807, 2.05) is 25.1 Å². The molecule has 0 aliphatic heterocycles. The van der Waals surface area contributed by atoms with Crippen molar-refractivity contribution < 1.29 is 13.2 Å². The lowest BCUT2D eigenvalue weighted by Crippen LogP contribution is -2.06. The van der Waals surface area contributed by atoms with Crippen LogP contribution in [0.2, 0.25) is 0 Å². The first kappa shape index (κ1) is 16.6.